The normalized spacial score (nSPS) is 16.5. The van der Waals surface area contributed by atoms with Crippen molar-refractivity contribution < 1.29 is 27.9 Å². The van der Waals surface area contributed by atoms with Crippen LogP contribution in [0.1, 0.15) is 16.5 Å². The lowest BCUT2D eigenvalue weighted by atomic mass is 10.1. The van der Waals surface area contributed by atoms with E-state index >= 15 is 0 Å². The van der Waals surface area contributed by atoms with Gasteiger partial charge in [0.1, 0.15) is 0 Å². The van der Waals surface area contributed by atoms with Crippen molar-refractivity contribution in [3.05, 3.63) is 11.9 Å². The Kier molecular flexibility index (Phi) is 2.71. The molecular weight excluding hydrogens is 257 g/mol. The van der Waals surface area contributed by atoms with Gasteiger partial charge in [0.2, 0.25) is 0 Å². The van der Waals surface area contributed by atoms with Crippen molar-refractivity contribution in [2.24, 2.45) is 0 Å². The molecule has 0 radical (unpaired) electrons. The van der Waals surface area contributed by atoms with Crippen molar-refractivity contribution in [3.8, 4) is 0 Å². The smallest absolute Gasteiger partial charge is 0.471 e. The number of hydrogen-bond acceptors (Lipinski definition) is 4. The first-order valence-corrected chi connectivity index (χ1v) is 4.80. The Labute approximate surface area is 97.8 Å². The van der Waals surface area contributed by atoms with Crippen LogP contribution >= 0.6 is 0 Å². The van der Waals surface area contributed by atoms with E-state index < -0.39 is 24.1 Å². The highest BCUT2D eigenvalue weighted by molar-refractivity contribution is 5.85. The molecule has 0 aliphatic carbocycles. The number of likely N-dealkylation sites (tertiary alicyclic amines) is 1. The predicted octanol–water partition coefficient (Wildman–Crippen LogP) is -0.0781. The minimum absolute atomic E-state index is 0.223. The highest BCUT2D eigenvalue weighted by Gasteiger charge is 2.47. The SMILES string of the molecule is O=C(O)c1cnnn1C1CN(C(=O)C(F)(F)F)C1. The molecule has 10 heteroatoms. The topological polar surface area (TPSA) is 88.3 Å². The van der Waals surface area contributed by atoms with E-state index in [9.17, 15) is 22.8 Å². The molecule has 1 amide bonds. The van der Waals surface area contributed by atoms with Gasteiger partial charge in [-0.1, -0.05) is 5.21 Å². The van der Waals surface area contributed by atoms with Crippen molar-refractivity contribution in [2.45, 2.75) is 12.2 Å². The molecule has 1 aromatic heterocycles. The van der Waals surface area contributed by atoms with E-state index in [0.717, 1.165) is 10.9 Å². The molecule has 0 atom stereocenters. The number of alkyl halides is 3. The van der Waals surface area contributed by atoms with Crippen molar-refractivity contribution in [2.75, 3.05) is 13.1 Å². The van der Waals surface area contributed by atoms with Crippen LogP contribution in [-0.2, 0) is 4.79 Å². The lowest BCUT2D eigenvalue weighted by Gasteiger charge is -2.39. The minimum Gasteiger partial charge on any atom is -0.476 e. The van der Waals surface area contributed by atoms with Gasteiger partial charge in [-0.15, -0.1) is 5.10 Å². The van der Waals surface area contributed by atoms with Gasteiger partial charge in [-0.2, -0.15) is 13.2 Å². The van der Waals surface area contributed by atoms with Gasteiger partial charge in [0, 0.05) is 13.1 Å². The van der Waals surface area contributed by atoms with Gasteiger partial charge in [-0.25, -0.2) is 9.48 Å². The number of carbonyl (C=O) groups excluding carboxylic acids is 1. The van der Waals surface area contributed by atoms with Crippen LogP contribution in [0, 0.1) is 0 Å². The Morgan fingerprint density at radius 1 is 1.39 bits per heavy atom. The number of amides is 1. The van der Waals surface area contributed by atoms with Crippen LogP contribution in [0.4, 0.5) is 13.2 Å². The molecule has 1 aromatic rings. The summed E-state index contributed by atoms with van der Waals surface area (Å²) in [6.45, 7) is -0.468. The third kappa shape index (κ3) is 2.00. The Morgan fingerprint density at radius 2 is 2.00 bits per heavy atom. The Balaban J connectivity index is 2.03. The van der Waals surface area contributed by atoms with Crippen molar-refractivity contribution in [3.63, 3.8) is 0 Å². The third-order valence-electron chi connectivity index (χ3n) is 2.53. The second-order valence-electron chi connectivity index (χ2n) is 3.73. The first-order valence-electron chi connectivity index (χ1n) is 4.80. The zero-order chi connectivity index (χ0) is 13.5. The van der Waals surface area contributed by atoms with Crippen molar-refractivity contribution >= 4 is 11.9 Å². The van der Waals surface area contributed by atoms with Crippen molar-refractivity contribution in [1.82, 2.24) is 19.9 Å². The molecule has 0 unspecified atom stereocenters. The number of aromatic nitrogens is 3. The van der Waals surface area contributed by atoms with Gasteiger partial charge in [0.25, 0.3) is 0 Å². The summed E-state index contributed by atoms with van der Waals surface area (Å²) in [7, 11) is 0. The Bertz CT molecular complexity index is 492. The highest BCUT2D eigenvalue weighted by atomic mass is 19.4. The number of hydrogen-bond donors (Lipinski definition) is 1. The summed E-state index contributed by atoms with van der Waals surface area (Å²) in [5.41, 5.74) is -0.223. The molecule has 0 saturated carbocycles. The molecule has 1 fully saturated rings. The standard InChI is InChI=1S/C8H7F3N4O3/c9-8(10,11)7(18)14-2-4(3-14)15-5(6(16)17)1-12-13-15/h1,4H,2-3H2,(H,16,17). The molecule has 18 heavy (non-hydrogen) atoms. The van der Waals surface area contributed by atoms with Crippen LogP contribution in [0.3, 0.4) is 0 Å². The summed E-state index contributed by atoms with van der Waals surface area (Å²) in [5.74, 6) is -3.21. The van der Waals surface area contributed by atoms with Crippen molar-refractivity contribution in [1.29, 1.82) is 0 Å². The predicted molar refractivity (Wildman–Crippen MR) is 48.7 cm³/mol. The molecule has 1 N–H and O–H groups in total. The second kappa shape index (κ2) is 3.96. The third-order valence-corrected chi connectivity index (χ3v) is 2.53. The number of carboxylic acids is 1. The van der Waals surface area contributed by atoms with E-state index in [1.165, 1.54) is 0 Å². The number of rotatable bonds is 2. The number of carbonyl (C=O) groups is 2. The summed E-state index contributed by atoms with van der Waals surface area (Å²) in [5, 5.41) is 15.6. The quantitative estimate of drug-likeness (QED) is 0.807. The molecule has 1 saturated heterocycles. The van der Waals surface area contributed by atoms with E-state index in [0.29, 0.717) is 4.90 Å². The highest BCUT2D eigenvalue weighted by Crippen LogP contribution is 2.27. The Hall–Kier alpha value is -2.13. The maximum absolute atomic E-state index is 12.1. The average Bonchev–Trinajstić information content (AvgIpc) is 2.62. The minimum atomic E-state index is -4.91. The molecule has 0 aromatic carbocycles. The fraction of sp³-hybridized carbons (Fsp3) is 0.500. The summed E-state index contributed by atoms with van der Waals surface area (Å²) < 4.78 is 37.2. The van der Waals surface area contributed by atoms with E-state index in [-0.39, 0.29) is 18.8 Å². The summed E-state index contributed by atoms with van der Waals surface area (Å²) in [6.07, 6.45) is -3.92. The number of aromatic carboxylic acids is 1. The number of nitrogens with zero attached hydrogens (tertiary/aromatic N) is 4. The second-order valence-corrected chi connectivity index (χ2v) is 3.73. The van der Waals surface area contributed by atoms with Crippen LogP contribution in [-0.4, -0.2) is 56.1 Å². The monoisotopic (exact) mass is 264 g/mol. The molecule has 98 valence electrons. The number of halogens is 3. The van der Waals surface area contributed by atoms with E-state index in [2.05, 4.69) is 10.3 Å². The van der Waals surface area contributed by atoms with Crippen LogP contribution in [0.15, 0.2) is 6.20 Å². The molecule has 0 bridgehead atoms. The van der Waals surface area contributed by atoms with Crippen LogP contribution < -0.4 is 0 Å². The van der Waals surface area contributed by atoms with Gasteiger partial charge in [0.05, 0.1) is 12.2 Å². The number of carboxylic acid groups (broad SMARTS) is 1. The van der Waals surface area contributed by atoms with Gasteiger partial charge >= 0.3 is 18.1 Å². The summed E-state index contributed by atoms with van der Waals surface area (Å²) >= 11 is 0. The maximum Gasteiger partial charge on any atom is 0.471 e. The van der Waals surface area contributed by atoms with Crippen LogP contribution in [0.5, 0.6) is 0 Å². The first kappa shape index (κ1) is 12.3. The van der Waals surface area contributed by atoms with E-state index in [1.807, 2.05) is 0 Å². The average molecular weight is 264 g/mol. The fourth-order valence-electron chi connectivity index (χ4n) is 1.62. The largest absolute Gasteiger partial charge is 0.476 e. The molecular formula is C8H7F3N4O3. The van der Waals surface area contributed by atoms with Gasteiger partial charge in [0.15, 0.2) is 5.69 Å². The fourth-order valence-corrected chi connectivity index (χ4v) is 1.62. The lowest BCUT2D eigenvalue weighted by Crippen LogP contribution is -2.55. The molecule has 2 rings (SSSR count). The zero-order valence-electron chi connectivity index (χ0n) is 8.76. The van der Waals surface area contributed by atoms with Gasteiger partial charge in [-0.05, 0) is 0 Å². The summed E-state index contributed by atoms with van der Waals surface area (Å²) in [4.78, 5) is 22.1. The molecule has 1 aliphatic heterocycles. The Morgan fingerprint density at radius 3 is 2.50 bits per heavy atom. The van der Waals surface area contributed by atoms with Crippen LogP contribution in [0.25, 0.3) is 0 Å². The molecule has 2 heterocycles. The summed E-state index contributed by atoms with van der Waals surface area (Å²) in [6, 6.07) is -0.593. The van der Waals surface area contributed by atoms with Gasteiger partial charge in [-0.3, -0.25) is 4.79 Å². The van der Waals surface area contributed by atoms with E-state index in [1.54, 1.807) is 0 Å². The molecule has 0 spiro atoms. The maximum atomic E-state index is 12.1. The zero-order valence-corrected chi connectivity index (χ0v) is 8.76. The van der Waals surface area contributed by atoms with Gasteiger partial charge < -0.3 is 10.0 Å². The van der Waals surface area contributed by atoms with Crippen LogP contribution in [0.2, 0.25) is 0 Å². The lowest BCUT2D eigenvalue weighted by molar-refractivity contribution is -0.191. The molecule has 1 aliphatic rings. The first-order chi connectivity index (χ1) is 8.30. The molecule has 7 nitrogen and oxygen atoms in total. The van der Waals surface area contributed by atoms with E-state index in [4.69, 9.17) is 5.11 Å².